The van der Waals surface area contributed by atoms with Crippen LogP contribution in [0.1, 0.15) is 73.4 Å². The Morgan fingerprint density at radius 3 is 1.53 bits per heavy atom. The molecule has 6 aromatic heterocycles. The molecule has 21 heteroatoms. The van der Waals surface area contributed by atoms with E-state index in [1.807, 2.05) is 47.5 Å². The molecule has 0 saturated carbocycles. The standard InChI is InChI=1S/C24H29N5O5S.C21H22N4O5S/c1-6-29-21(30)20(27-17-13-25-9-7-15(17)2)18(19(28-29)16-8-12-35-14-16)22(31)33-11-10-26-23(32)34-24(3,4)5;1-4-25-20(27)19(23-16-11-22-7-5-13(16)2)17(18(24-25)15-6-10-31-12-15)21(28)30-9-8-29-14(3)26/h7-9,12-14,27H,6,10-11H2,1-5H3,(H,26,32);5-7,10-12,23H,4,8-9H2,1-3H3. The molecule has 1 amide bonds. The van der Waals surface area contributed by atoms with Gasteiger partial charge in [0, 0.05) is 54.3 Å². The van der Waals surface area contributed by atoms with Crippen LogP contribution in [-0.4, -0.2) is 85.5 Å². The van der Waals surface area contributed by atoms with Crippen molar-refractivity contribution in [2.75, 3.05) is 37.0 Å². The topological polar surface area (TPSA) is 237 Å². The van der Waals surface area contributed by atoms with Gasteiger partial charge in [-0.2, -0.15) is 32.9 Å². The molecule has 3 N–H and O–H groups in total. The van der Waals surface area contributed by atoms with E-state index in [2.05, 4.69) is 36.1 Å². The number of carbonyl (C=O) groups is 4. The van der Waals surface area contributed by atoms with Crippen LogP contribution in [0.5, 0.6) is 0 Å². The highest BCUT2D eigenvalue weighted by Gasteiger charge is 2.28. The quantitative estimate of drug-likeness (QED) is 0.0491. The zero-order chi connectivity index (χ0) is 48.0. The second kappa shape index (κ2) is 23.1. The van der Waals surface area contributed by atoms with Crippen molar-refractivity contribution in [1.82, 2.24) is 34.8 Å². The molecule has 6 rings (SSSR count). The molecule has 19 nitrogen and oxygen atoms in total. The molecular weight excluding hydrogens is 891 g/mol. The minimum atomic E-state index is -0.745. The van der Waals surface area contributed by atoms with Crippen LogP contribution in [0.4, 0.5) is 27.5 Å². The van der Waals surface area contributed by atoms with Crippen molar-refractivity contribution in [1.29, 1.82) is 0 Å². The molecule has 0 aliphatic carbocycles. The van der Waals surface area contributed by atoms with Crippen LogP contribution in [0.2, 0.25) is 0 Å². The van der Waals surface area contributed by atoms with Crippen molar-refractivity contribution in [3.63, 3.8) is 0 Å². The number of hydrogen-bond donors (Lipinski definition) is 3. The largest absolute Gasteiger partial charge is 0.462 e. The van der Waals surface area contributed by atoms with E-state index in [-0.39, 0.29) is 48.9 Å². The highest BCUT2D eigenvalue weighted by atomic mass is 32.1. The Labute approximate surface area is 388 Å². The Morgan fingerprint density at radius 2 is 1.14 bits per heavy atom. The summed E-state index contributed by atoms with van der Waals surface area (Å²) in [6, 6.07) is 7.21. The molecule has 0 aliphatic rings. The van der Waals surface area contributed by atoms with Crippen molar-refractivity contribution in [2.24, 2.45) is 0 Å². The summed E-state index contributed by atoms with van der Waals surface area (Å²) in [5.74, 6) is -1.96. The van der Waals surface area contributed by atoms with Gasteiger partial charge in [0.1, 0.15) is 59.3 Å². The molecule has 0 saturated heterocycles. The first-order valence-electron chi connectivity index (χ1n) is 20.7. The van der Waals surface area contributed by atoms with Gasteiger partial charge < -0.3 is 34.9 Å². The first-order chi connectivity index (χ1) is 31.5. The summed E-state index contributed by atoms with van der Waals surface area (Å²) in [4.78, 5) is 83.7. The van der Waals surface area contributed by atoms with E-state index < -0.39 is 40.7 Å². The van der Waals surface area contributed by atoms with Gasteiger partial charge in [-0.25, -0.2) is 23.7 Å². The van der Waals surface area contributed by atoms with E-state index in [0.717, 1.165) is 11.1 Å². The average Bonchev–Trinajstić information content (AvgIpc) is 4.02. The van der Waals surface area contributed by atoms with Crippen molar-refractivity contribution in [3.8, 4) is 22.5 Å². The maximum atomic E-state index is 13.3. The van der Waals surface area contributed by atoms with Crippen LogP contribution in [-0.2, 0) is 36.8 Å². The van der Waals surface area contributed by atoms with E-state index in [4.69, 9.17) is 18.9 Å². The molecule has 66 heavy (non-hydrogen) atoms. The van der Waals surface area contributed by atoms with Crippen LogP contribution in [0, 0.1) is 13.8 Å². The van der Waals surface area contributed by atoms with Crippen LogP contribution >= 0.6 is 22.7 Å². The maximum Gasteiger partial charge on any atom is 0.407 e. The fourth-order valence-electron chi connectivity index (χ4n) is 5.94. The van der Waals surface area contributed by atoms with E-state index in [1.165, 1.54) is 39.0 Å². The Hall–Kier alpha value is -7.26. The Kier molecular flexibility index (Phi) is 17.4. The molecule has 6 heterocycles. The number of hydrogen-bond acceptors (Lipinski definition) is 18. The number of aromatic nitrogens is 6. The lowest BCUT2D eigenvalue weighted by Gasteiger charge is -2.20. The maximum absolute atomic E-state index is 13.3. The Morgan fingerprint density at radius 1 is 0.682 bits per heavy atom. The number of alkyl carbamates (subject to hydrolysis) is 1. The number of carbonyl (C=O) groups excluding carboxylic acids is 4. The van der Waals surface area contributed by atoms with E-state index in [9.17, 15) is 28.8 Å². The number of anilines is 4. The number of amides is 1. The minimum Gasteiger partial charge on any atom is -0.462 e. The number of nitrogens with one attached hydrogen (secondary N) is 3. The monoisotopic (exact) mass is 941 g/mol. The second-order valence-corrected chi connectivity index (χ2v) is 16.7. The summed E-state index contributed by atoms with van der Waals surface area (Å²) >= 11 is 2.88. The minimum absolute atomic E-state index is 0.0126. The SMILES string of the molecule is CCn1nc(-c2ccsc2)c(C(=O)OCCNC(=O)OC(C)(C)C)c(Nc2cnccc2C)c1=O.CCn1nc(-c2ccsc2)c(C(=O)OCCOC(C)=O)c(Nc2cnccc2C)c1=O. The summed E-state index contributed by atoms with van der Waals surface area (Å²) in [6.07, 6.45) is 5.81. The van der Waals surface area contributed by atoms with Gasteiger partial charge in [0.2, 0.25) is 0 Å². The van der Waals surface area contributed by atoms with Gasteiger partial charge in [-0.1, -0.05) is 0 Å². The van der Waals surface area contributed by atoms with Crippen molar-refractivity contribution in [2.45, 2.75) is 74.1 Å². The molecule has 6 aromatic rings. The second-order valence-electron chi connectivity index (χ2n) is 15.1. The molecule has 0 spiro atoms. The van der Waals surface area contributed by atoms with Crippen LogP contribution in [0.25, 0.3) is 22.5 Å². The number of ether oxygens (including phenoxy) is 4. The number of pyridine rings is 2. The number of aryl methyl sites for hydroxylation is 4. The van der Waals surface area contributed by atoms with Gasteiger partial charge >= 0.3 is 24.0 Å². The summed E-state index contributed by atoms with van der Waals surface area (Å²) in [6.45, 7) is 14.2. The molecular formula is C45H51N9O10S2. The molecule has 0 bridgehead atoms. The lowest BCUT2D eigenvalue weighted by Crippen LogP contribution is -2.34. The average molecular weight is 942 g/mol. The normalized spacial score (nSPS) is 10.8. The predicted molar refractivity (Wildman–Crippen MR) is 251 cm³/mol. The van der Waals surface area contributed by atoms with Crippen molar-refractivity contribution in [3.05, 3.63) is 114 Å². The number of thiophene rings is 2. The molecule has 0 aliphatic heterocycles. The molecule has 348 valence electrons. The number of nitrogens with zero attached hydrogens (tertiary/aromatic N) is 6. The summed E-state index contributed by atoms with van der Waals surface area (Å²) < 4.78 is 23.3. The third kappa shape index (κ3) is 13.2. The van der Waals surface area contributed by atoms with Crippen LogP contribution in [0.15, 0.2) is 80.2 Å². The van der Waals surface area contributed by atoms with E-state index >= 15 is 0 Å². The van der Waals surface area contributed by atoms with Gasteiger partial charge in [-0.15, -0.1) is 0 Å². The summed E-state index contributed by atoms with van der Waals surface area (Å²) in [5.41, 5.74) is 3.42. The van der Waals surface area contributed by atoms with Gasteiger partial charge in [-0.05, 0) is 94.6 Å². The summed E-state index contributed by atoms with van der Waals surface area (Å²) in [7, 11) is 0. The Balaban J connectivity index is 0.000000249. The van der Waals surface area contributed by atoms with Crippen LogP contribution in [0.3, 0.4) is 0 Å². The molecule has 0 fully saturated rings. The first kappa shape index (κ1) is 49.8. The van der Waals surface area contributed by atoms with Gasteiger partial charge in [0.15, 0.2) is 0 Å². The highest BCUT2D eigenvalue weighted by molar-refractivity contribution is 7.08. The van der Waals surface area contributed by atoms with Crippen molar-refractivity contribution >= 4 is 69.4 Å². The molecule has 0 aromatic carbocycles. The summed E-state index contributed by atoms with van der Waals surface area (Å²) in [5, 5.41) is 24.9. The third-order valence-corrected chi connectivity index (χ3v) is 10.5. The van der Waals surface area contributed by atoms with Gasteiger partial charge in [0.05, 0.1) is 30.3 Å². The van der Waals surface area contributed by atoms with E-state index in [0.29, 0.717) is 47.0 Å². The highest BCUT2D eigenvalue weighted by Crippen LogP contribution is 2.31. The van der Waals surface area contributed by atoms with Crippen molar-refractivity contribution < 1.29 is 38.1 Å². The number of esters is 3. The Bertz CT molecular complexity index is 2770. The smallest absolute Gasteiger partial charge is 0.407 e. The molecule has 0 atom stereocenters. The van der Waals surface area contributed by atoms with Crippen LogP contribution < -0.4 is 27.1 Å². The van der Waals surface area contributed by atoms with E-state index in [1.54, 1.807) is 71.5 Å². The lowest BCUT2D eigenvalue weighted by atomic mass is 10.1. The zero-order valence-electron chi connectivity index (χ0n) is 37.8. The molecule has 0 radical (unpaired) electrons. The fraction of sp³-hybridized carbons (Fsp3) is 0.333. The number of rotatable bonds is 16. The van der Waals surface area contributed by atoms with Gasteiger partial charge in [-0.3, -0.25) is 24.4 Å². The lowest BCUT2D eigenvalue weighted by molar-refractivity contribution is -0.142. The first-order valence-corrected chi connectivity index (χ1v) is 22.6. The third-order valence-electron chi connectivity index (χ3n) is 9.13. The molecule has 0 unspecified atom stereocenters. The zero-order valence-corrected chi connectivity index (χ0v) is 39.4. The fourth-order valence-corrected chi connectivity index (χ4v) is 7.22. The van der Waals surface area contributed by atoms with Gasteiger partial charge in [0.25, 0.3) is 11.1 Å². The predicted octanol–water partition coefficient (Wildman–Crippen LogP) is 7.28.